The minimum Gasteiger partial charge on any atom is -0.395 e. The van der Waals surface area contributed by atoms with Crippen molar-refractivity contribution in [3.05, 3.63) is 71.8 Å². The molecule has 1 atom stereocenters. The molecule has 0 spiro atoms. The Bertz CT molecular complexity index is 936. The summed E-state index contributed by atoms with van der Waals surface area (Å²) >= 11 is 0. The van der Waals surface area contributed by atoms with Gasteiger partial charge in [0.1, 0.15) is 6.04 Å². The molecule has 2 aromatic rings. The highest BCUT2D eigenvalue weighted by Gasteiger charge is 2.32. The van der Waals surface area contributed by atoms with Crippen LogP contribution in [0.25, 0.3) is 0 Å². The number of likely N-dealkylation sites (N-methyl/N-ethyl adjacent to an activating group) is 1. The van der Waals surface area contributed by atoms with E-state index in [0.29, 0.717) is 5.56 Å². The summed E-state index contributed by atoms with van der Waals surface area (Å²) in [7, 11) is -2.26. The minimum atomic E-state index is -3.58. The second-order valence-electron chi connectivity index (χ2n) is 6.85. The number of amides is 2. The maximum atomic E-state index is 13.2. The Kier molecular flexibility index (Phi) is 8.52. The van der Waals surface area contributed by atoms with Crippen LogP contribution >= 0.6 is 0 Å². The van der Waals surface area contributed by atoms with Gasteiger partial charge in [0.05, 0.1) is 19.4 Å². The number of hydrogen-bond donors (Lipinski definition) is 2. The molecule has 30 heavy (non-hydrogen) atoms. The Morgan fingerprint density at radius 1 is 1.03 bits per heavy atom. The zero-order valence-corrected chi connectivity index (χ0v) is 17.9. The lowest BCUT2D eigenvalue weighted by Gasteiger charge is -2.32. The maximum absolute atomic E-state index is 13.2. The number of rotatable bonds is 10. The van der Waals surface area contributed by atoms with Gasteiger partial charge in [0.25, 0.3) is 0 Å². The van der Waals surface area contributed by atoms with Crippen molar-refractivity contribution in [2.45, 2.75) is 12.6 Å². The Hall–Kier alpha value is -2.75. The number of carbonyl (C=O) groups is 2. The van der Waals surface area contributed by atoms with Crippen molar-refractivity contribution in [1.29, 1.82) is 0 Å². The van der Waals surface area contributed by atoms with E-state index in [1.807, 2.05) is 30.3 Å². The number of sulfonamides is 1. The standard InChI is InChI=1S/C21H27N3O5S/c1-23(30(2,28)29)16-19(26)24(15-17-9-5-3-6-10-17)20(21(27)22-13-14-25)18-11-7-4-8-12-18/h3-12,20,25H,13-16H2,1-2H3,(H,22,27)/t20-/m1/s1. The summed E-state index contributed by atoms with van der Waals surface area (Å²) < 4.78 is 24.6. The Labute approximate surface area is 177 Å². The fourth-order valence-corrected chi connectivity index (χ4v) is 3.23. The highest BCUT2D eigenvalue weighted by atomic mass is 32.2. The van der Waals surface area contributed by atoms with E-state index in [0.717, 1.165) is 16.1 Å². The molecule has 0 bridgehead atoms. The Balaban J connectivity index is 2.45. The molecule has 8 nitrogen and oxygen atoms in total. The molecule has 0 radical (unpaired) electrons. The van der Waals surface area contributed by atoms with Gasteiger partial charge < -0.3 is 15.3 Å². The van der Waals surface area contributed by atoms with Gasteiger partial charge in [0.2, 0.25) is 21.8 Å². The molecule has 162 valence electrons. The Morgan fingerprint density at radius 3 is 2.13 bits per heavy atom. The number of nitrogens with zero attached hydrogens (tertiary/aromatic N) is 2. The third-order valence-corrected chi connectivity index (χ3v) is 5.79. The van der Waals surface area contributed by atoms with Crippen LogP contribution in [-0.2, 0) is 26.2 Å². The molecule has 0 aliphatic heterocycles. The monoisotopic (exact) mass is 433 g/mol. The molecule has 0 saturated heterocycles. The molecule has 0 heterocycles. The van der Waals surface area contributed by atoms with E-state index in [-0.39, 0.29) is 19.7 Å². The van der Waals surface area contributed by atoms with E-state index in [1.165, 1.54) is 11.9 Å². The lowest BCUT2D eigenvalue weighted by Crippen LogP contribution is -2.47. The molecule has 2 aromatic carbocycles. The zero-order valence-electron chi connectivity index (χ0n) is 17.1. The average molecular weight is 434 g/mol. The lowest BCUT2D eigenvalue weighted by molar-refractivity contribution is -0.141. The number of aliphatic hydroxyl groups excluding tert-OH is 1. The first kappa shape index (κ1) is 23.5. The summed E-state index contributed by atoms with van der Waals surface area (Å²) in [4.78, 5) is 27.5. The number of benzene rings is 2. The van der Waals surface area contributed by atoms with Gasteiger partial charge >= 0.3 is 0 Å². The predicted molar refractivity (Wildman–Crippen MR) is 114 cm³/mol. The van der Waals surface area contributed by atoms with Crippen molar-refractivity contribution in [3.8, 4) is 0 Å². The Morgan fingerprint density at radius 2 is 1.60 bits per heavy atom. The first-order chi connectivity index (χ1) is 14.2. The number of nitrogens with one attached hydrogen (secondary N) is 1. The second kappa shape index (κ2) is 10.9. The molecule has 0 unspecified atom stereocenters. The molecular formula is C21H27N3O5S. The fourth-order valence-electron chi connectivity index (χ4n) is 2.89. The van der Waals surface area contributed by atoms with Gasteiger partial charge in [-0.15, -0.1) is 0 Å². The average Bonchev–Trinajstić information content (AvgIpc) is 2.72. The van der Waals surface area contributed by atoms with Crippen molar-refractivity contribution >= 4 is 21.8 Å². The van der Waals surface area contributed by atoms with Crippen LogP contribution in [0.5, 0.6) is 0 Å². The molecule has 2 rings (SSSR count). The summed E-state index contributed by atoms with van der Waals surface area (Å²) in [6, 6.07) is 16.9. The van der Waals surface area contributed by atoms with Crippen molar-refractivity contribution in [2.24, 2.45) is 0 Å². The largest absolute Gasteiger partial charge is 0.395 e. The summed E-state index contributed by atoms with van der Waals surface area (Å²) in [5, 5.41) is 11.7. The zero-order chi connectivity index (χ0) is 22.1. The molecule has 0 aliphatic carbocycles. The summed E-state index contributed by atoms with van der Waals surface area (Å²) in [5.41, 5.74) is 1.38. The molecule has 0 saturated carbocycles. The van der Waals surface area contributed by atoms with E-state index < -0.39 is 34.4 Å². The normalized spacial score (nSPS) is 12.4. The molecule has 2 amide bonds. The highest BCUT2D eigenvalue weighted by molar-refractivity contribution is 7.88. The molecule has 9 heteroatoms. The van der Waals surface area contributed by atoms with Crippen LogP contribution in [0.2, 0.25) is 0 Å². The van der Waals surface area contributed by atoms with Crippen LogP contribution in [0.4, 0.5) is 0 Å². The van der Waals surface area contributed by atoms with Crippen molar-refractivity contribution in [2.75, 3.05) is 33.0 Å². The first-order valence-electron chi connectivity index (χ1n) is 9.42. The molecular weight excluding hydrogens is 406 g/mol. The lowest BCUT2D eigenvalue weighted by atomic mass is 10.0. The summed E-state index contributed by atoms with van der Waals surface area (Å²) in [6.45, 7) is -0.485. The van der Waals surface area contributed by atoms with Crippen LogP contribution in [0.1, 0.15) is 17.2 Å². The molecule has 0 aliphatic rings. The van der Waals surface area contributed by atoms with Gasteiger partial charge in [-0.25, -0.2) is 8.42 Å². The second-order valence-corrected chi connectivity index (χ2v) is 8.94. The first-order valence-corrected chi connectivity index (χ1v) is 11.3. The van der Waals surface area contributed by atoms with E-state index in [1.54, 1.807) is 30.3 Å². The van der Waals surface area contributed by atoms with Crippen molar-refractivity contribution < 1.29 is 23.1 Å². The smallest absolute Gasteiger partial charge is 0.247 e. The van der Waals surface area contributed by atoms with E-state index >= 15 is 0 Å². The van der Waals surface area contributed by atoms with Gasteiger partial charge in [-0.3, -0.25) is 9.59 Å². The van der Waals surface area contributed by atoms with Gasteiger partial charge in [0.15, 0.2) is 0 Å². The minimum absolute atomic E-state index is 0.0405. The summed E-state index contributed by atoms with van der Waals surface area (Å²) in [6.07, 6.45) is 1.02. The van der Waals surface area contributed by atoms with E-state index in [9.17, 15) is 18.0 Å². The van der Waals surface area contributed by atoms with Crippen molar-refractivity contribution in [1.82, 2.24) is 14.5 Å². The molecule has 0 fully saturated rings. The SMILES string of the molecule is CN(CC(=O)N(Cc1ccccc1)[C@@H](C(=O)NCCO)c1ccccc1)S(C)(=O)=O. The third-order valence-electron chi connectivity index (χ3n) is 4.53. The quantitative estimate of drug-likeness (QED) is 0.575. The maximum Gasteiger partial charge on any atom is 0.247 e. The van der Waals surface area contributed by atoms with Crippen molar-refractivity contribution in [3.63, 3.8) is 0 Å². The number of aliphatic hydroxyl groups is 1. The van der Waals surface area contributed by atoms with Crippen LogP contribution in [-0.4, -0.2) is 67.5 Å². The highest BCUT2D eigenvalue weighted by Crippen LogP contribution is 2.24. The summed E-state index contributed by atoms with van der Waals surface area (Å²) in [5.74, 6) is -0.971. The fraction of sp³-hybridized carbons (Fsp3) is 0.333. The molecule has 2 N–H and O–H groups in total. The van der Waals surface area contributed by atoms with Crippen LogP contribution in [0, 0.1) is 0 Å². The molecule has 0 aromatic heterocycles. The van der Waals surface area contributed by atoms with Gasteiger partial charge in [0, 0.05) is 20.1 Å². The third kappa shape index (κ3) is 6.65. The van der Waals surface area contributed by atoms with Gasteiger partial charge in [-0.1, -0.05) is 60.7 Å². The van der Waals surface area contributed by atoms with E-state index in [2.05, 4.69) is 5.32 Å². The number of carbonyl (C=O) groups excluding carboxylic acids is 2. The van der Waals surface area contributed by atoms with E-state index in [4.69, 9.17) is 5.11 Å². The van der Waals surface area contributed by atoms with Gasteiger partial charge in [-0.2, -0.15) is 4.31 Å². The van der Waals surface area contributed by atoms with Gasteiger partial charge in [-0.05, 0) is 11.1 Å². The van der Waals surface area contributed by atoms with Crippen LogP contribution in [0.3, 0.4) is 0 Å². The number of hydrogen-bond acceptors (Lipinski definition) is 5. The van der Waals surface area contributed by atoms with Crippen LogP contribution in [0.15, 0.2) is 60.7 Å². The topological polar surface area (TPSA) is 107 Å². The predicted octanol–water partition coefficient (Wildman–Crippen LogP) is 0.756. The van der Waals surface area contributed by atoms with Crippen LogP contribution < -0.4 is 5.32 Å².